The Hall–Kier alpha value is -1.11. The maximum atomic E-state index is 11.9. The first-order chi connectivity index (χ1) is 9.90. The molecule has 0 aliphatic carbocycles. The molecule has 1 rings (SSSR count). The molecule has 0 heterocycles. The smallest absolute Gasteiger partial charge is 0.251 e. The van der Waals surface area contributed by atoms with Gasteiger partial charge in [0.1, 0.15) is 0 Å². The minimum Gasteiger partial charge on any atom is -0.353 e. The average molecular weight is 393 g/mol. The van der Waals surface area contributed by atoms with Gasteiger partial charge in [-0.2, -0.15) is 0 Å². The van der Waals surface area contributed by atoms with Gasteiger partial charge in [-0.05, 0) is 30.5 Å². The van der Waals surface area contributed by atoms with E-state index in [2.05, 4.69) is 26.6 Å². The van der Waals surface area contributed by atoms with Gasteiger partial charge in [0.15, 0.2) is 0 Å². The summed E-state index contributed by atoms with van der Waals surface area (Å²) in [6, 6.07) is 6.63. The molecule has 1 aromatic carbocycles. The third-order valence-corrected chi connectivity index (χ3v) is 3.35. The molecule has 0 spiro atoms. The maximum Gasteiger partial charge on any atom is 0.251 e. The van der Waals surface area contributed by atoms with Crippen molar-refractivity contribution in [2.24, 2.45) is 11.7 Å². The highest BCUT2D eigenvalue weighted by atomic mass is 79.9. The zero-order chi connectivity index (χ0) is 15.8. The Balaban J connectivity index is 0.00000441. The van der Waals surface area contributed by atoms with Crippen LogP contribution in [0.3, 0.4) is 0 Å². The van der Waals surface area contributed by atoms with E-state index in [1.807, 2.05) is 19.9 Å². The van der Waals surface area contributed by atoms with Crippen molar-refractivity contribution in [3.05, 3.63) is 34.3 Å². The third kappa shape index (κ3) is 7.77. The molecular formula is C15H23BrClN3O2. The summed E-state index contributed by atoms with van der Waals surface area (Å²) < 4.78 is 0.850. The molecule has 0 bridgehead atoms. The largest absolute Gasteiger partial charge is 0.353 e. The fraction of sp³-hybridized carbons (Fsp3) is 0.467. The molecule has 1 atom stereocenters. The Morgan fingerprint density at radius 2 is 1.86 bits per heavy atom. The molecule has 124 valence electrons. The molecule has 22 heavy (non-hydrogen) atoms. The Labute approximate surface area is 145 Å². The lowest BCUT2D eigenvalue weighted by atomic mass is 10.0. The summed E-state index contributed by atoms with van der Waals surface area (Å²) in [6.07, 6.45) is 0.649. The van der Waals surface area contributed by atoms with Gasteiger partial charge in [-0.1, -0.05) is 35.8 Å². The minimum absolute atomic E-state index is 0. The predicted octanol–water partition coefficient (Wildman–Crippen LogP) is 2.09. The van der Waals surface area contributed by atoms with Crippen LogP contribution in [0.1, 0.15) is 30.6 Å². The van der Waals surface area contributed by atoms with Crippen LogP contribution in [0.25, 0.3) is 0 Å². The highest BCUT2D eigenvalue weighted by Crippen LogP contribution is 2.11. The van der Waals surface area contributed by atoms with Gasteiger partial charge in [0.05, 0.1) is 6.04 Å². The topological polar surface area (TPSA) is 84.2 Å². The first kappa shape index (κ1) is 20.9. The number of amides is 2. The molecule has 0 unspecified atom stereocenters. The summed E-state index contributed by atoms with van der Waals surface area (Å²) in [7, 11) is 0. The molecule has 4 N–H and O–H groups in total. The minimum atomic E-state index is -0.495. The summed E-state index contributed by atoms with van der Waals surface area (Å²) in [5.41, 5.74) is 6.34. The maximum absolute atomic E-state index is 11.9. The van der Waals surface area contributed by atoms with Crippen molar-refractivity contribution in [2.45, 2.75) is 26.3 Å². The molecule has 1 aromatic rings. The number of hydrogen-bond acceptors (Lipinski definition) is 3. The van der Waals surface area contributed by atoms with Gasteiger partial charge in [-0.25, -0.2) is 0 Å². The Morgan fingerprint density at radius 1 is 1.23 bits per heavy atom. The quantitative estimate of drug-likeness (QED) is 0.621. The van der Waals surface area contributed by atoms with Crippen LogP contribution >= 0.6 is 28.3 Å². The first-order valence-corrected chi connectivity index (χ1v) is 7.76. The SMILES string of the molecule is CC(C)C[C@H](N)C(=O)NCCNC(=O)c1cccc(Br)c1.Cl. The van der Waals surface area contributed by atoms with E-state index < -0.39 is 6.04 Å². The van der Waals surface area contributed by atoms with Crippen LogP contribution in [-0.4, -0.2) is 30.9 Å². The summed E-state index contributed by atoms with van der Waals surface area (Å²) >= 11 is 3.32. The van der Waals surface area contributed by atoms with Crippen LogP contribution in [0, 0.1) is 5.92 Å². The van der Waals surface area contributed by atoms with Crippen molar-refractivity contribution in [2.75, 3.05) is 13.1 Å². The van der Waals surface area contributed by atoms with E-state index in [9.17, 15) is 9.59 Å². The van der Waals surface area contributed by atoms with Gasteiger partial charge in [0, 0.05) is 23.1 Å². The van der Waals surface area contributed by atoms with E-state index in [1.165, 1.54) is 0 Å². The van der Waals surface area contributed by atoms with Crippen molar-refractivity contribution >= 4 is 40.2 Å². The standard InChI is InChI=1S/C15H22BrN3O2.ClH/c1-10(2)8-13(17)15(21)19-7-6-18-14(20)11-4-3-5-12(16)9-11;/h3-5,9-10,13H,6-8,17H2,1-2H3,(H,18,20)(H,19,21);1H/t13-;/m0./s1. The lowest BCUT2D eigenvalue weighted by molar-refractivity contribution is -0.122. The molecule has 0 saturated carbocycles. The summed E-state index contributed by atoms with van der Waals surface area (Å²) in [5, 5.41) is 5.46. The molecule has 0 aromatic heterocycles. The van der Waals surface area contributed by atoms with E-state index >= 15 is 0 Å². The van der Waals surface area contributed by atoms with Crippen LogP contribution in [0.4, 0.5) is 0 Å². The first-order valence-electron chi connectivity index (χ1n) is 6.97. The number of nitrogens with two attached hydrogens (primary N) is 1. The molecule has 0 radical (unpaired) electrons. The van der Waals surface area contributed by atoms with Gasteiger partial charge < -0.3 is 16.4 Å². The van der Waals surface area contributed by atoms with E-state index in [0.717, 1.165) is 4.47 Å². The zero-order valence-electron chi connectivity index (χ0n) is 12.8. The number of nitrogens with one attached hydrogen (secondary N) is 2. The number of carbonyl (C=O) groups is 2. The number of carbonyl (C=O) groups excluding carboxylic acids is 2. The van der Waals surface area contributed by atoms with E-state index in [4.69, 9.17) is 5.73 Å². The Kier molecular flexibility index (Phi) is 10.1. The van der Waals surface area contributed by atoms with Crippen molar-refractivity contribution in [3.63, 3.8) is 0 Å². The Bertz CT molecular complexity index is 497. The second kappa shape index (κ2) is 10.6. The third-order valence-electron chi connectivity index (χ3n) is 2.86. The fourth-order valence-corrected chi connectivity index (χ4v) is 2.24. The number of rotatable bonds is 7. The van der Waals surface area contributed by atoms with Gasteiger partial charge in [-0.15, -0.1) is 12.4 Å². The predicted molar refractivity (Wildman–Crippen MR) is 94.2 cm³/mol. The zero-order valence-corrected chi connectivity index (χ0v) is 15.2. The second-order valence-electron chi connectivity index (χ2n) is 5.29. The highest BCUT2D eigenvalue weighted by Gasteiger charge is 2.14. The van der Waals surface area contributed by atoms with Crippen molar-refractivity contribution < 1.29 is 9.59 Å². The number of benzene rings is 1. The molecular weight excluding hydrogens is 370 g/mol. The van der Waals surface area contributed by atoms with Gasteiger partial charge in [0.2, 0.25) is 5.91 Å². The van der Waals surface area contributed by atoms with Crippen LogP contribution in [0.15, 0.2) is 28.7 Å². The Morgan fingerprint density at radius 3 is 2.45 bits per heavy atom. The summed E-state index contributed by atoms with van der Waals surface area (Å²) in [4.78, 5) is 23.5. The molecule has 0 saturated heterocycles. The number of hydrogen-bond donors (Lipinski definition) is 3. The summed E-state index contributed by atoms with van der Waals surface area (Å²) in [6.45, 7) is 4.77. The molecule has 5 nitrogen and oxygen atoms in total. The monoisotopic (exact) mass is 391 g/mol. The van der Waals surface area contributed by atoms with Crippen LogP contribution in [0.5, 0.6) is 0 Å². The summed E-state index contributed by atoms with van der Waals surface area (Å²) in [5.74, 6) is 0.0272. The molecule has 0 fully saturated rings. The lowest BCUT2D eigenvalue weighted by Gasteiger charge is -2.14. The van der Waals surface area contributed by atoms with Crippen molar-refractivity contribution in [1.29, 1.82) is 0 Å². The van der Waals surface area contributed by atoms with E-state index in [1.54, 1.807) is 18.2 Å². The van der Waals surface area contributed by atoms with Gasteiger partial charge in [0.25, 0.3) is 5.91 Å². The average Bonchev–Trinajstić information content (AvgIpc) is 2.42. The highest BCUT2D eigenvalue weighted by molar-refractivity contribution is 9.10. The van der Waals surface area contributed by atoms with E-state index in [0.29, 0.717) is 31.0 Å². The van der Waals surface area contributed by atoms with Gasteiger partial charge >= 0.3 is 0 Å². The van der Waals surface area contributed by atoms with Crippen molar-refractivity contribution in [1.82, 2.24) is 10.6 Å². The second-order valence-corrected chi connectivity index (χ2v) is 6.21. The molecule has 0 aliphatic rings. The van der Waals surface area contributed by atoms with E-state index in [-0.39, 0.29) is 24.2 Å². The molecule has 7 heteroatoms. The van der Waals surface area contributed by atoms with Gasteiger partial charge in [-0.3, -0.25) is 9.59 Å². The van der Waals surface area contributed by atoms with Crippen LogP contribution in [0.2, 0.25) is 0 Å². The molecule has 0 aliphatic heterocycles. The van der Waals surface area contributed by atoms with Crippen LogP contribution in [-0.2, 0) is 4.79 Å². The lowest BCUT2D eigenvalue weighted by Crippen LogP contribution is -2.44. The van der Waals surface area contributed by atoms with Crippen LogP contribution < -0.4 is 16.4 Å². The fourth-order valence-electron chi connectivity index (χ4n) is 1.84. The number of halogens is 2. The molecule has 2 amide bonds. The van der Waals surface area contributed by atoms with Crippen molar-refractivity contribution in [3.8, 4) is 0 Å². The normalized spacial score (nSPS) is 11.5.